The van der Waals surface area contributed by atoms with Crippen molar-refractivity contribution in [3.63, 3.8) is 0 Å². The SMILES string of the molecule is Cc1nc2ccc(/C=C3\SC(=NC4CCC(O)CC4)NC3=O)cc2o1. The van der Waals surface area contributed by atoms with Gasteiger partial charge in [0, 0.05) is 6.92 Å². The van der Waals surface area contributed by atoms with E-state index in [2.05, 4.69) is 15.3 Å². The molecule has 1 aromatic carbocycles. The number of aliphatic imine (C=N–C) groups is 1. The standard InChI is InChI=1S/C18H19N3O3S/c1-10-19-14-7-2-11(8-15(14)24-10)9-16-17(23)21-18(25-16)20-12-3-5-13(22)6-4-12/h2,7-9,12-13,22H,3-6H2,1H3,(H,20,21,23)/b16-9-. The van der Waals surface area contributed by atoms with Gasteiger partial charge in [-0.1, -0.05) is 6.07 Å². The highest BCUT2D eigenvalue weighted by molar-refractivity contribution is 8.18. The summed E-state index contributed by atoms with van der Waals surface area (Å²) in [5.41, 5.74) is 2.41. The number of rotatable bonds is 2. The third kappa shape index (κ3) is 3.62. The maximum Gasteiger partial charge on any atom is 0.264 e. The number of amidine groups is 1. The Morgan fingerprint density at radius 2 is 2.16 bits per heavy atom. The van der Waals surface area contributed by atoms with Crippen molar-refractivity contribution in [1.29, 1.82) is 0 Å². The van der Waals surface area contributed by atoms with Gasteiger partial charge in [0.25, 0.3) is 5.91 Å². The van der Waals surface area contributed by atoms with Crippen molar-refractivity contribution in [2.24, 2.45) is 4.99 Å². The fraction of sp³-hybridized carbons (Fsp3) is 0.389. The fourth-order valence-corrected chi connectivity index (χ4v) is 4.03. The highest BCUT2D eigenvalue weighted by Crippen LogP contribution is 2.29. The predicted molar refractivity (Wildman–Crippen MR) is 98.2 cm³/mol. The van der Waals surface area contributed by atoms with Crippen LogP contribution in [0.1, 0.15) is 37.1 Å². The molecule has 1 aliphatic carbocycles. The molecule has 1 aliphatic heterocycles. The lowest BCUT2D eigenvalue weighted by atomic mass is 9.94. The van der Waals surface area contributed by atoms with E-state index in [9.17, 15) is 9.90 Å². The van der Waals surface area contributed by atoms with Crippen molar-refractivity contribution in [3.05, 3.63) is 34.6 Å². The molecule has 2 fully saturated rings. The topological polar surface area (TPSA) is 87.7 Å². The molecular formula is C18H19N3O3S. The minimum absolute atomic E-state index is 0.131. The Bertz CT molecular complexity index is 879. The summed E-state index contributed by atoms with van der Waals surface area (Å²) in [7, 11) is 0. The zero-order valence-corrected chi connectivity index (χ0v) is 14.7. The van der Waals surface area contributed by atoms with Crippen LogP contribution in [0.25, 0.3) is 17.2 Å². The van der Waals surface area contributed by atoms with E-state index in [4.69, 9.17) is 4.42 Å². The van der Waals surface area contributed by atoms with Crippen molar-refractivity contribution in [3.8, 4) is 0 Å². The number of aliphatic hydroxyl groups excluding tert-OH is 1. The zero-order chi connectivity index (χ0) is 17.4. The van der Waals surface area contributed by atoms with Gasteiger partial charge in [0.05, 0.1) is 17.1 Å². The van der Waals surface area contributed by atoms with Crippen molar-refractivity contribution < 1.29 is 14.3 Å². The van der Waals surface area contributed by atoms with Gasteiger partial charge in [-0.15, -0.1) is 0 Å². The molecule has 1 saturated carbocycles. The maximum absolute atomic E-state index is 12.2. The van der Waals surface area contributed by atoms with Gasteiger partial charge >= 0.3 is 0 Å². The zero-order valence-electron chi connectivity index (χ0n) is 13.9. The van der Waals surface area contributed by atoms with Crippen LogP contribution in [0.15, 0.2) is 32.5 Å². The van der Waals surface area contributed by atoms with Crippen LogP contribution in [0.2, 0.25) is 0 Å². The Morgan fingerprint density at radius 1 is 1.36 bits per heavy atom. The van der Waals surface area contributed by atoms with Crippen LogP contribution in [-0.2, 0) is 4.79 Å². The summed E-state index contributed by atoms with van der Waals surface area (Å²) in [6.45, 7) is 1.81. The van der Waals surface area contributed by atoms with Gasteiger partial charge < -0.3 is 14.8 Å². The number of thioether (sulfide) groups is 1. The molecule has 7 heteroatoms. The van der Waals surface area contributed by atoms with E-state index in [1.54, 1.807) is 0 Å². The number of fused-ring (bicyclic) bond motifs is 1. The Balaban J connectivity index is 1.51. The molecule has 2 aliphatic rings. The van der Waals surface area contributed by atoms with E-state index in [-0.39, 0.29) is 18.1 Å². The third-order valence-electron chi connectivity index (χ3n) is 4.43. The molecule has 130 valence electrons. The second-order valence-electron chi connectivity index (χ2n) is 6.42. The van der Waals surface area contributed by atoms with Gasteiger partial charge in [0.15, 0.2) is 16.6 Å². The Morgan fingerprint density at radius 3 is 2.96 bits per heavy atom. The second kappa shape index (κ2) is 6.65. The highest BCUT2D eigenvalue weighted by Gasteiger charge is 2.26. The van der Waals surface area contributed by atoms with E-state index in [0.717, 1.165) is 36.8 Å². The molecule has 0 radical (unpaired) electrons. The van der Waals surface area contributed by atoms with Crippen molar-refractivity contribution >= 4 is 40.0 Å². The molecule has 4 rings (SSSR count). The molecule has 2 aromatic rings. The van der Waals surface area contributed by atoms with Crippen molar-refractivity contribution in [1.82, 2.24) is 10.3 Å². The molecule has 25 heavy (non-hydrogen) atoms. The number of carbonyl (C=O) groups excluding carboxylic acids is 1. The number of nitrogens with one attached hydrogen (secondary N) is 1. The summed E-state index contributed by atoms with van der Waals surface area (Å²) in [6.07, 6.45) is 4.92. The summed E-state index contributed by atoms with van der Waals surface area (Å²) >= 11 is 1.36. The number of oxazole rings is 1. The van der Waals surface area contributed by atoms with E-state index in [1.807, 2.05) is 31.2 Å². The number of amides is 1. The van der Waals surface area contributed by atoms with Crippen LogP contribution < -0.4 is 5.32 Å². The Kier molecular flexibility index (Phi) is 4.35. The summed E-state index contributed by atoms with van der Waals surface area (Å²) < 4.78 is 5.54. The van der Waals surface area contributed by atoms with Gasteiger partial charge in [0.1, 0.15) is 5.52 Å². The maximum atomic E-state index is 12.2. The summed E-state index contributed by atoms with van der Waals surface area (Å²) in [6, 6.07) is 5.87. The lowest BCUT2D eigenvalue weighted by Gasteiger charge is -2.22. The quantitative estimate of drug-likeness (QED) is 0.807. The minimum Gasteiger partial charge on any atom is -0.441 e. The normalized spacial score (nSPS) is 27.4. The van der Waals surface area contributed by atoms with E-state index in [1.165, 1.54) is 11.8 Å². The van der Waals surface area contributed by atoms with Crippen LogP contribution >= 0.6 is 11.8 Å². The van der Waals surface area contributed by atoms with Gasteiger partial charge in [-0.25, -0.2) is 4.98 Å². The molecule has 1 aromatic heterocycles. The largest absolute Gasteiger partial charge is 0.441 e. The highest BCUT2D eigenvalue weighted by atomic mass is 32.2. The first-order valence-corrected chi connectivity index (χ1v) is 9.22. The van der Waals surface area contributed by atoms with Crippen molar-refractivity contribution in [2.45, 2.75) is 44.8 Å². The first-order chi connectivity index (χ1) is 12.1. The number of aryl methyl sites for hydroxylation is 1. The number of nitrogens with zero attached hydrogens (tertiary/aromatic N) is 2. The lowest BCUT2D eigenvalue weighted by Crippen LogP contribution is -2.25. The number of benzene rings is 1. The molecule has 0 bridgehead atoms. The summed E-state index contributed by atoms with van der Waals surface area (Å²) in [5.74, 6) is 0.494. The number of hydrogen-bond donors (Lipinski definition) is 2. The average molecular weight is 357 g/mol. The molecular weight excluding hydrogens is 338 g/mol. The van der Waals surface area contributed by atoms with Crippen LogP contribution in [-0.4, -0.2) is 33.3 Å². The smallest absolute Gasteiger partial charge is 0.264 e. The molecule has 6 nitrogen and oxygen atoms in total. The van der Waals surface area contributed by atoms with Gasteiger partial charge in [0.2, 0.25) is 0 Å². The molecule has 0 atom stereocenters. The van der Waals surface area contributed by atoms with E-state index >= 15 is 0 Å². The monoisotopic (exact) mass is 357 g/mol. The first-order valence-electron chi connectivity index (χ1n) is 8.41. The average Bonchev–Trinajstić information content (AvgIpc) is 3.11. The van der Waals surface area contributed by atoms with E-state index < -0.39 is 0 Å². The molecule has 0 unspecified atom stereocenters. The van der Waals surface area contributed by atoms with Crippen LogP contribution in [0, 0.1) is 6.92 Å². The summed E-state index contributed by atoms with van der Waals surface area (Å²) in [5, 5.41) is 13.0. The van der Waals surface area contributed by atoms with Crippen molar-refractivity contribution in [2.75, 3.05) is 0 Å². The first kappa shape index (κ1) is 16.4. The van der Waals surface area contributed by atoms with Crippen LogP contribution in [0.4, 0.5) is 0 Å². The lowest BCUT2D eigenvalue weighted by molar-refractivity contribution is -0.115. The van der Waals surface area contributed by atoms with E-state index in [0.29, 0.717) is 21.5 Å². The second-order valence-corrected chi connectivity index (χ2v) is 7.45. The van der Waals surface area contributed by atoms with Gasteiger partial charge in [-0.3, -0.25) is 9.79 Å². The van der Waals surface area contributed by atoms with Crippen LogP contribution in [0.5, 0.6) is 0 Å². The molecule has 2 N–H and O–H groups in total. The molecule has 2 heterocycles. The van der Waals surface area contributed by atoms with Gasteiger partial charge in [-0.2, -0.15) is 0 Å². The predicted octanol–water partition coefficient (Wildman–Crippen LogP) is 3.00. The molecule has 1 saturated heterocycles. The Labute approximate surface area is 149 Å². The van der Waals surface area contributed by atoms with Crippen LogP contribution in [0.3, 0.4) is 0 Å². The van der Waals surface area contributed by atoms with Gasteiger partial charge in [-0.05, 0) is 61.2 Å². The molecule has 0 spiro atoms. The fourth-order valence-electron chi connectivity index (χ4n) is 3.14. The molecule has 1 amide bonds. The minimum atomic E-state index is -0.202. The number of carbonyl (C=O) groups is 1. The number of aliphatic hydroxyl groups is 1. The Hall–Kier alpha value is -2.12. The number of hydrogen-bond acceptors (Lipinski definition) is 6. The summed E-state index contributed by atoms with van der Waals surface area (Å²) in [4.78, 5) is 21.7. The third-order valence-corrected chi connectivity index (χ3v) is 5.36. The number of aromatic nitrogens is 1.